The zero-order valence-electron chi connectivity index (χ0n) is 11.3. The second kappa shape index (κ2) is 7.25. The van der Waals surface area contributed by atoms with Crippen molar-refractivity contribution in [3.63, 3.8) is 0 Å². The first-order valence-corrected chi connectivity index (χ1v) is 6.70. The van der Waals surface area contributed by atoms with E-state index in [2.05, 4.69) is 38.0 Å². The average Bonchev–Trinajstić information content (AvgIpc) is 2.73. The first-order valence-electron chi connectivity index (χ1n) is 6.70. The lowest BCUT2D eigenvalue weighted by atomic mass is 9.99. The van der Waals surface area contributed by atoms with Gasteiger partial charge in [0.1, 0.15) is 0 Å². The Morgan fingerprint density at radius 1 is 1.44 bits per heavy atom. The molecule has 0 aliphatic carbocycles. The van der Waals surface area contributed by atoms with E-state index >= 15 is 0 Å². The summed E-state index contributed by atoms with van der Waals surface area (Å²) in [6.07, 6.45) is 2.86. The van der Waals surface area contributed by atoms with Gasteiger partial charge < -0.3 is 15.0 Å². The van der Waals surface area contributed by atoms with Gasteiger partial charge in [0.05, 0.1) is 6.10 Å². The van der Waals surface area contributed by atoms with Gasteiger partial charge in [0.25, 0.3) is 0 Å². The molecule has 3 heteroatoms. The Labute approximate surface area is 101 Å². The predicted molar refractivity (Wildman–Crippen MR) is 68.8 cm³/mol. The molecule has 3 unspecified atom stereocenters. The average molecular weight is 228 g/mol. The van der Waals surface area contributed by atoms with Crippen molar-refractivity contribution in [2.75, 3.05) is 33.3 Å². The maximum Gasteiger partial charge on any atom is 0.0613 e. The summed E-state index contributed by atoms with van der Waals surface area (Å²) in [5, 5.41) is 3.63. The minimum absolute atomic E-state index is 0.489. The van der Waals surface area contributed by atoms with Crippen LogP contribution < -0.4 is 5.32 Å². The van der Waals surface area contributed by atoms with Gasteiger partial charge in [-0.05, 0) is 39.3 Å². The van der Waals surface area contributed by atoms with E-state index in [0.29, 0.717) is 12.1 Å². The summed E-state index contributed by atoms with van der Waals surface area (Å²) in [4.78, 5) is 2.35. The monoisotopic (exact) mass is 228 g/mol. The minimum atomic E-state index is 0.489. The van der Waals surface area contributed by atoms with Crippen molar-refractivity contribution in [3.05, 3.63) is 0 Å². The van der Waals surface area contributed by atoms with Gasteiger partial charge in [0, 0.05) is 25.7 Å². The summed E-state index contributed by atoms with van der Waals surface area (Å²) in [6.45, 7) is 11.0. The first-order chi connectivity index (χ1) is 7.67. The van der Waals surface area contributed by atoms with Crippen LogP contribution in [0, 0.1) is 5.92 Å². The molecule has 0 aromatic rings. The van der Waals surface area contributed by atoms with Gasteiger partial charge in [-0.25, -0.2) is 0 Å². The van der Waals surface area contributed by atoms with E-state index in [-0.39, 0.29) is 0 Å². The standard InChI is InChI=1S/C13H28N2O/c1-5-13-12(7-8-16-13)9-14-11(3)10-15(4)6-2/h11-14H,5-10H2,1-4H3. The van der Waals surface area contributed by atoms with Gasteiger partial charge in [0.15, 0.2) is 0 Å². The number of ether oxygens (including phenoxy) is 1. The van der Waals surface area contributed by atoms with E-state index in [1.165, 1.54) is 6.42 Å². The lowest BCUT2D eigenvalue weighted by Gasteiger charge is -2.23. The Balaban J connectivity index is 2.18. The van der Waals surface area contributed by atoms with Crippen molar-refractivity contribution < 1.29 is 4.74 Å². The van der Waals surface area contributed by atoms with Crippen LogP contribution >= 0.6 is 0 Å². The summed E-state index contributed by atoms with van der Waals surface area (Å²) in [7, 11) is 2.17. The molecule has 0 aromatic heterocycles. The Morgan fingerprint density at radius 2 is 2.19 bits per heavy atom. The highest BCUT2D eigenvalue weighted by Crippen LogP contribution is 2.22. The summed E-state index contributed by atoms with van der Waals surface area (Å²) in [6, 6.07) is 0.572. The van der Waals surface area contributed by atoms with Crippen LogP contribution in [-0.2, 0) is 4.74 Å². The first kappa shape index (κ1) is 13.9. The molecule has 0 spiro atoms. The molecular formula is C13H28N2O. The molecule has 1 heterocycles. The van der Waals surface area contributed by atoms with Crippen LogP contribution in [0.4, 0.5) is 0 Å². The van der Waals surface area contributed by atoms with Crippen molar-refractivity contribution in [2.24, 2.45) is 5.92 Å². The van der Waals surface area contributed by atoms with Gasteiger partial charge in [-0.1, -0.05) is 13.8 Å². The maximum absolute atomic E-state index is 5.70. The zero-order chi connectivity index (χ0) is 12.0. The predicted octanol–water partition coefficient (Wildman–Crippen LogP) is 1.73. The highest BCUT2D eigenvalue weighted by Gasteiger charge is 2.26. The molecule has 0 saturated carbocycles. The number of likely N-dealkylation sites (N-methyl/N-ethyl adjacent to an activating group) is 1. The summed E-state index contributed by atoms with van der Waals surface area (Å²) < 4.78 is 5.70. The normalized spacial score (nSPS) is 27.6. The largest absolute Gasteiger partial charge is 0.378 e. The summed E-state index contributed by atoms with van der Waals surface area (Å²) in [5.74, 6) is 0.722. The van der Waals surface area contributed by atoms with E-state index in [0.717, 1.165) is 38.6 Å². The Kier molecular flexibility index (Phi) is 6.32. The smallest absolute Gasteiger partial charge is 0.0613 e. The fourth-order valence-corrected chi connectivity index (χ4v) is 2.39. The SMILES string of the molecule is CCC1OCCC1CNC(C)CN(C)CC. The minimum Gasteiger partial charge on any atom is -0.378 e. The molecule has 3 atom stereocenters. The van der Waals surface area contributed by atoms with Gasteiger partial charge in [-0.3, -0.25) is 0 Å². The molecular weight excluding hydrogens is 200 g/mol. The highest BCUT2D eigenvalue weighted by molar-refractivity contribution is 4.78. The second-order valence-corrected chi connectivity index (χ2v) is 5.03. The Bertz CT molecular complexity index is 187. The molecule has 3 nitrogen and oxygen atoms in total. The number of nitrogens with zero attached hydrogens (tertiary/aromatic N) is 1. The molecule has 0 bridgehead atoms. The van der Waals surface area contributed by atoms with E-state index in [1.54, 1.807) is 0 Å². The van der Waals surface area contributed by atoms with Crippen LogP contribution in [0.1, 0.15) is 33.6 Å². The topological polar surface area (TPSA) is 24.5 Å². The summed E-state index contributed by atoms with van der Waals surface area (Å²) in [5.41, 5.74) is 0. The molecule has 0 aromatic carbocycles. The van der Waals surface area contributed by atoms with Gasteiger partial charge in [-0.2, -0.15) is 0 Å². The number of rotatable bonds is 7. The van der Waals surface area contributed by atoms with Crippen LogP contribution in [0.5, 0.6) is 0 Å². The van der Waals surface area contributed by atoms with Crippen molar-refractivity contribution >= 4 is 0 Å². The molecule has 0 radical (unpaired) electrons. The van der Waals surface area contributed by atoms with Crippen molar-refractivity contribution in [1.82, 2.24) is 10.2 Å². The van der Waals surface area contributed by atoms with Crippen LogP contribution in [0.15, 0.2) is 0 Å². The van der Waals surface area contributed by atoms with Crippen LogP contribution in [0.25, 0.3) is 0 Å². The molecule has 1 fully saturated rings. The fourth-order valence-electron chi connectivity index (χ4n) is 2.39. The Morgan fingerprint density at radius 3 is 2.81 bits per heavy atom. The van der Waals surface area contributed by atoms with E-state index < -0.39 is 0 Å². The molecule has 1 rings (SSSR count). The van der Waals surface area contributed by atoms with Crippen molar-refractivity contribution in [2.45, 2.75) is 45.8 Å². The molecule has 16 heavy (non-hydrogen) atoms. The van der Waals surface area contributed by atoms with Crippen LogP contribution in [0.3, 0.4) is 0 Å². The molecule has 1 aliphatic rings. The molecule has 0 amide bonds. The van der Waals surface area contributed by atoms with Gasteiger partial charge in [0.2, 0.25) is 0 Å². The van der Waals surface area contributed by atoms with Crippen molar-refractivity contribution in [1.29, 1.82) is 0 Å². The van der Waals surface area contributed by atoms with Gasteiger partial charge in [-0.15, -0.1) is 0 Å². The second-order valence-electron chi connectivity index (χ2n) is 5.03. The summed E-state index contributed by atoms with van der Waals surface area (Å²) >= 11 is 0. The lowest BCUT2D eigenvalue weighted by molar-refractivity contribution is 0.0864. The highest BCUT2D eigenvalue weighted by atomic mass is 16.5. The van der Waals surface area contributed by atoms with Crippen LogP contribution in [-0.4, -0.2) is 50.3 Å². The third kappa shape index (κ3) is 4.40. The molecule has 1 saturated heterocycles. The zero-order valence-corrected chi connectivity index (χ0v) is 11.3. The number of hydrogen-bond acceptors (Lipinski definition) is 3. The third-order valence-electron chi connectivity index (χ3n) is 3.60. The van der Waals surface area contributed by atoms with Gasteiger partial charge >= 0.3 is 0 Å². The quantitative estimate of drug-likeness (QED) is 0.718. The number of hydrogen-bond donors (Lipinski definition) is 1. The maximum atomic E-state index is 5.70. The van der Waals surface area contributed by atoms with E-state index in [9.17, 15) is 0 Å². The van der Waals surface area contributed by atoms with E-state index in [1.807, 2.05) is 0 Å². The third-order valence-corrected chi connectivity index (χ3v) is 3.60. The number of nitrogens with one attached hydrogen (secondary N) is 1. The van der Waals surface area contributed by atoms with Crippen molar-refractivity contribution in [3.8, 4) is 0 Å². The molecule has 96 valence electrons. The fraction of sp³-hybridized carbons (Fsp3) is 1.00. The molecule has 1 aliphatic heterocycles. The lowest BCUT2D eigenvalue weighted by Crippen LogP contribution is -2.40. The van der Waals surface area contributed by atoms with E-state index in [4.69, 9.17) is 4.74 Å². The Hall–Kier alpha value is -0.120. The molecule has 1 N–H and O–H groups in total. The van der Waals surface area contributed by atoms with Crippen LogP contribution in [0.2, 0.25) is 0 Å².